The number of likely N-dealkylation sites (tertiary alicyclic amines) is 2. The minimum atomic E-state index is -3.15. The molecule has 0 N–H and O–H groups in total. The maximum Gasteiger partial charge on any atom is 0.226 e. The molecule has 0 unspecified atom stereocenters. The molecular weight excluding hydrogens is 585 g/mol. The number of ketones is 1. The number of Topliss-reactive ketones (excluding diaryl/α,β-unsaturated/α-hetero) is 1. The van der Waals surface area contributed by atoms with Gasteiger partial charge in [-0.15, -0.1) is 24.8 Å². The number of nitrogens with zero attached hydrogens (tertiary/aromatic N) is 5. The molecule has 3 aliphatic rings. The number of rotatable bonds is 9. The maximum atomic E-state index is 13.7. The summed E-state index contributed by atoms with van der Waals surface area (Å²) in [5.41, 5.74) is 2.75. The monoisotopic (exact) mass is 635 g/mol. The standard InChI is InChI=1S/C29H49N5O4S.2ClH/c1-7-8-13-33-28(36)24(18-21(2)3)19-27(35)29(33)11-16-31(17-12-29)20-26-22(4)30-34(23(26)5)25-9-14-32(15-10-25)39(6,37)38;;/h21,24-25H,7-20H2,1-6H3;2*1H/t24-;;/m1../s1. The first-order valence-electron chi connectivity index (χ1n) is 14.9. The second kappa shape index (κ2) is 14.5. The van der Waals surface area contributed by atoms with Gasteiger partial charge in [-0.05, 0) is 58.3 Å². The first kappa shape index (κ1) is 36.0. The lowest BCUT2D eigenvalue weighted by molar-refractivity contribution is -0.162. The number of sulfonamides is 1. The quantitative estimate of drug-likeness (QED) is 0.395. The van der Waals surface area contributed by atoms with E-state index in [1.807, 2.05) is 4.90 Å². The summed E-state index contributed by atoms with van der Waals surface area (Å²) in [5.74, 6) is 0.693. The molecule has 0 bridgehead atoms. The van der Waals surface area contributed by atoms with E-state index in [-0.39, 0.29) is 48.5 Å². The van der Waals surface area contributed by atoms with Crippen LogP contribution in [0.1, 0.15) is 95.1 Å². The maximum absolute atomic E-state index is 13.7. The van der Waals surface area contributed by atoms with Crippen LogP contribution < -0.4 is 0 Å². The third-order valence-electron chi connectivity index (χ3n) is 9.35. The van der Waals surface area contributed by atoms with Gasteiger partial charge in [0.1, 0.15) is 5.54 Å². The van der Waals surface area contributed by atoms with Gasteiger partial charge in [-0.2, -0.15) is 5.10 Å². The molecule has 41 heavy (non-hydrogen) atoms. The van der Waals surface area contributed by atoms with Crippen LogP contribution in [0.5, 0.6) is 0 Å². The molecule has 0 radical (unpaired) electrons. The summed E-state index contributed by atoms with van der Waals surface area (Å²) in [4.78, 5) is 31.6. The zero-order chi connectivity index (χ0) is 28.5. The molecule has 1 aromatic rings. The van der Waals surface area contributed by atoms with Gasteiger partial charge in [-0.25, -0.2) is 12.7 Å². The van der Waals surface area contributed by atoms with Crippen molar-refractivity contribution in [2.45, 2.75) is 104 Å². The Morgan fingerprint density at radius 1 is 1.02 bits per heavy atom. The molecule has 4 heterocycles. The first-order chi connectivity index (χ1) is 18.4. The van der Waals surface area contributed by atoms with Crippen molar-refractivity contribution < 1.29 is 18.0 Å². The van der Waals surface area contributed by atoms with Gasteiger partial charge >= 0.3 is 0 Å². The number of carbonyl (C=O) groups is 2. The minimum Gasteiger partial charge on any atom is -0.330 e. The van der Waals surface area contributed by atoms with Gasteiger partial charge < -0.3 is 4.90 Å². The third-order valence-corrected chi connectivity index (χ3v) is 10.7. The topological polar surface area (TPSA) is 95.8 Å². The Morgan fingerprint density at radius 3 is 2.17 bits per heavy atom. The van der Waals surface area contributed by atoms with Gasteiger partial charge in [0, 0.05) is 62.9 Å². The van der Waals surface area contributed by atoms with Crippen LogP contribution in [-0.4, -0.2) is 88.5 Å². The van der Waals surface area contributed by atoms with Gasteiger partial charge in [-0.3, -0.25) is 19.2 Å². The third kappa shape index (κ3) is 7.66. The molecule has 0 saturated carbocycles. The van der Waals surface area contributed by atoms with Gasteiger partial charge in [0.15, 0.2) is 5.78 Å². The molecule has 1 amide bonds. The Bertz CT molecular complexity index is 1160. The number of amides is 1. The Morgan fingerprint density at radius 2 is 1.63 bits per heavy atom. The zero-order valence-electron chi connectivity index (χ0n) is 25.7. The Kier molecular flexibility index (Phi) is 12.7. The second-order valence-corrected chi connectivity index (χ2v) is 14.6. The summed E-state index contributed by atoms with van der Waals surface area (Å²) in [6, 6.07) is 0.205. The number of hydrogen-bond acceptors (Lipinski definition) is 6. The van der Waals surface area contributed by atoms with E-state index >= 15 is 0 Å². The average Bonchev–Trinajstić information content (AvgIpc) is 3.16. The highest BCUT2D eigenvalue weighted by Gasteiger charge is 2.53. The van der Waals surface area contributed by atoms with Crippen LogP contribution in [0.15, 0.2) is 0 Å². The highest BCUT2D eigenvalue weighted by atomic mass is 35.5. The molecule has 4 rings (SSSR count). The fraction of sp³-hybridized carbons (Fsp3) is 0.828. The average molecular weight is 637 g/mol. The molecule has 0 aromatic carbocycles. The lowest BCUT2D eigenvalue weighted by Gasteiger charge is -2.52. The molecule has 3 saturated heterocycles. The normalized spacial score (nSPS) is 22.7. The van der Waals surface area contributed by atoms with Crippen molar-refractivity contribution in [3.05, 3.63) is 17.0 Å². The van der Waals surface area contributed by atoms with Crippen LogP contribution in [0.2, 0.25) is 0 Å². The molecule has 1 aromatic heterocycles. The molecule has 0 aliphatic carbocycles. The molecule has 1 spiro atoms. The highest BCUT2D eigenvalue weighted by molar-refractivity contribution is 7.88. The number of hydrogen-bond donors (Lipinski definition) is 0. The number of unbranched alkanes of at least 4 members (excludes halogenated alkanes) is 1. The van der Waals surface area contributed by atoms with E-state index in [0.717, 1.165) is 63.1 Å². The predicted molar refractivity (Wildman–Crippen MR) is 167 cm³/mol. The van der Waals surface area contributed by atoms with Crippen molar-refractivity contribution in [2.75, 3.05) is 39.0 Å². The van der Waals surface area contributed by atoms with Crippen LogP contribution in [0, 0.1) is 25.7 Å². The van der Waals surface area contributed by atoms with Crippen molar-refractivity contribution in [2.24, 2.45) is 11.8 Å². The van der Waals surface area contributed by atoms with Gasteiger partial charge in [-0.1, -0.05) is 27.2 Å². The largest absolute Gasteiger partial charge is 0.330 e. The molecule has 3 fully saturated rings. The summed E-state index contributed by atoms with van der Waals surface area (Å²) in [6.45, 7) is 14.7. The lowest BCUT2D eigenvalue weighted by Crippen LogP contribution is -2.66. The van der Waals surface area contributed by atoms with Crippen LogP contribution in [-0.2, 0) is 26.2 Å². The molecule has 12 heteroatoms. The number of halogens is 2. The fourth-order valence-electron chi connectivity index (χ4n) is 7.03. The highest BCUT2D eigenvalue weighted by Crippen LogP contribution is 2.40. The van der Waals surface area contributed by atoms with Crippen molar-refractivity contribution in [1.29, 1.82) is 0 Å². The van der Waals surface area contributed by atoms with Gasteiger partial charge in [0.05, 0.1) is 18.0 Å². The van der Waals surface area contributed by atoms with Gasteiger partial charge in [0.25, 0.3) is 0 Å². The zero-order valence-corrected chi connectivity index (χ0v) is 28.2. The van der Waals surface area contributed by atoms with Crippen molar-refractivity contribution >= 4 is 46.5 Å². The van der Waals surface area contributed by atoms with Crippen LogP contribution >= 0.6 is 24.8 Å². The Labute approximate surface area is 259 Å². The summed E-state index contributed by atoms with van der Waals surface area (Å²) >= 11 is 0. The van der Waals surface area contributed by atoms with Crippen molar-refractivity contribution in [1.82, 2.24) is 23.9 Å². The van der Waals surface area contributed by atoms with Crippen LogP contribution in [0.3, 0.4) is 0 Å². The number of carbonyl (C=O) groups excluding carboxylic acids is 2. The molecule has 9 nitrogen and oxygen atoms in total. The summed E-state index contributed by atoms with van der Waals surface area (Å²) in [5, 5.41) is 4.88. The second-order valence-electron chi connectivity index (χ2n) is 12.6. The van der Waals surface area contributed by atoms with E-state index in [2.05, 4.69) is 44.2 Å². The van der Waals surface area contributed by atoms with Crippen LogP contribution in [0.4, 0.5) is 0 Å². The molecule has 236 valence electrons. The van der Waals surface area contributed by atoms with Crippen LogP contribution in [0.25, 0.3) is 0 Å². The first-order valence-corrected chi connectivity index (χ1v) is 16.8. The predicted octanol–water partition coefficient (Wildman–Crippen LogP) is 4.54. The summed E-state index contributed by atoms with van der Waals surface area (Å²) in [6.07, 6.45) is 7.32. The van der Waals surface area contributed by atoms with Gasteiger partial charge in [0.2, 0.25) is 15.9 Å². The summed E-state index contributed by atoms with van der Waals surface area (Å²) in [7, 11) is -3.15. The van der Waals surface area contributed by atoms with E-state index < -0.39 is 15.6 Å². The van der Waals surface area contributed by atoms with E-state index in [4.69, 9.17) is 5.10 Å². The SMILES string of the molecule is CCCCN1C(=O)[C@H](CC(C)C)CC(=O)C12CCN(Cc1c(C)nn(C3CCN(S(C)(=O)=O)CC3)c1C)CC2.Cl.Cl. The summed E-state index contributed by atoms with van der Waals surface area (Å²) < 4.78 is 27.5. The van der Waals surface area contributed by atoms with E-state index in [0.29, 0.717) is 44.8 Å². The smallest absolute Gasteiger partial charge is 0.226 e. The van der Waals surface area contributed by atoms with Crippen molar-refractivity contribution in [3.63, 3.8) is 0 Å². The van der Waals surface area contributed by atoms with E-state index in [1.54, 1.807) is 4.31 Å². The number of aromatic nitrogens is 2. The minimum absolute atomic E-state index is 0. The fourth-order valence-corrected chi connectivity index (χ4v) is 7.90. The molecular formula is C29H51Cl2N5O4S. The Balaban J connectivity index is 0.00000294. The van der Waals surface area contributed by atoms with E-state index in [1.165, 1.54) is 11.8 Å². The Hall–Kier alpha value is -1.20. The van der Waals surface area contributed by atoms with Crippen molar-refractivity contribution in [3.8, 4) is 0 Å². The van der Waals surface area contributed by atoms with E-state index in [9.17, 15) is 18.0 Å². The molecule has 3 aliphatic heterocycles. The molecule has 1 atom stereocenters. The number of piperidine rings is 3. The lowest BCUT2D eigenvalue weighted by atomic mass is 9.72. The number of aryl methyl sites for hydroxylation is 1.